The Balaban J connectivity index is 1.97. The second kappa shape index (κ2) is 6.51. The van der Waals surface area contributed by atoms with Crippen molar-refractivity contribution in [2.75, 3.05) is 5.32 Å². The molecule has 0 radical (unpaired) electrons. The van der Waals surface area contributed by atoms with Gasteiger partial charge in [-0.3, -0.25) is 9.59 Å². The largest absolute Gasteiger partial charge is 0.365 e. The van der Waals surface area contributed by atoms with Gasteiger partial charge in [0.2, 0.25) is 0 Å². The van der Waals surface area contributed by atoms with Crippen LogP contribution in [0.5, 0.6) is 0 Å². The van der Waals surface area contributed by atoms with E-state index in [-0.39, 0.29) is 10.6 Å². The van der Waals surface area contributed by atoms with E-state index in [2.05, 4.69) is 12.2 Å². The Bertz CT molecular complexity index is 879. The minimum absolute atomic E-state index is 0.209. The number of benzene rings is 1. The van der Waals surface area contributed by atoms with Crippen LogP contribution in [-0.2, 0) is 12.8 Å². The van der Waals surface area contributed by atoms with Crippen LogP contribution in [0.1, 0.15) is 44.5 Å². The summed E-state index contributed by atoms with van der Waals surface area (Å²) in [6, 6.07) is 1.52. The molecule has 0 bridgehead atoms. The maximum Gasteiger partial charge on any atom is 0.259 e. The maximum absolute atomic E-state index is 13.8. The highest BCUT2D eigenvalue weighted by molar-refractivity contribution is 7.17. The number of nitrogens with one attached hydrogen (secondary N) is 1. The van der Waals surface area contributed by atoms with E-state index in [0.717, 1.165) is 29.3 Å². The molecule has 25 heavy (non-hydrogen) atoms. The Morgan fingerprint density at radius 3 is 2.64 bits per heavy atom. The minimum Gasteiger partial charge on any atom is -0.365 e. The molecular weight excluding hydrogens is 353 g/mol. The number of hydrogen-bond donors (Lipinski definition) is 2. The summed E-state index contributed by atoms with van der Waals surface area (Å²) in [6.45, 7) is 2.08. The van der Waals surface area contributed by atoms with Crippen LogP contribution in [0.2, 0.25) is 0 Å². The van der Waals surface area contributed by atoms with Gasteiger partial charge in [-0.25, -0.2) is 13.2 Å². The van der Waals surface area contributed by atoms with Crippen LogP contribution < -0.4 is 11.1 Å². The number of amides is 2. The van der Waals surface area contributed by atoms with Crippen molar-refractivity contribution in [3.63, 3.8) is 0 Å². The van der Waals surface area contributed by atoms with Gasteiger partial charge in [-0.05, 0) is 42.9 Å². The lowest BCUT2D eigenvalue weighted by Crippen LogP contribution is -2.20. The highest BCUT2D eigenvalue weighted by atomic mass is 32.1. The molecule has 3 rings (SSSR count). The molecule has 0 saturated heterocycles. The number of thiophene rings is 1. The van der Waals surface area contributed by atoms with E-state index in [1.807, 2.05) is 0 Å². The standard InChI is InChI=1S/C17H15F3N2O2S/c1-7-2-3-8-11(6-7)25-17(12(8)15(21)23)22-16(24)9-4-5-10(18)14(20)13(9)19/h4-5,7H,2-3,6H2,1H3,(H2,21,23)(H,22,24). The molecule has 3 N–H and O–H groups in total. The van der Waals surface area contributed by atoms with E-state index >= 15 is 0 Å². The van der Waals surface area contributed by atoms with Crippen LogP contribution in [0.25, 0.3) is 0 Å². The molecule has 1 aliphatic rings. The van der Waals surface area contributed by atoms with E-state index in [0.29, 0.717) is 18.4 Å². The molecule has 4 nitrogen and oxygen atoms in total. The monoisotopic (exact) mass is 368 g/mol. The van der Waals surface area contributed by atoms with E-state index in [1.54, 1.807) is 0 Å². The van der Waals surface area contributed by atoms with E-state index in [9.17, 15) is 22.8 Å². The van der Waals surface area contributed by atoms with Crippen molar-refractivity contribution in [3.05, 3.63) is 51.2 Å². The first-order valence-corrected chi connectivity index (χ1v) is 8.50. The first-order valence-electron chi connectivity index (χ1n) is 7.68. The number of nitrogens with two attached hydrogens (primary N) is 1. The molecule has 1 aliphatic carbocycles. The lowest BCUT2D eigenvalue weighted by atomic mass is 9.88. The van der Waals surface area contributed by atoms with Gasteiger partial charge in [-0.2, -0.15) is 0 Å². The number of hydrogen-bond acceptors (Lipinski definition) is 3. The molecule has 0 saturated carbocycles. The normalized spacial score (nSPS) is 16.4. The summed E-state index contributed by atoms with van der Waals surface area (Å²) in [7, 11) is 0. The van der Waals surface area contributed by atoms with Gasteiger partial charge >= 0.3 is 0 Å². The molecule has 8 heteroatoms. The van der Waals surface area contributed by atoms with Crippen LogP contribution >= 0.6 is 11.3 Å². The summed E-state index contributed by atoms with van der Waals surface area (Å²) in [5.41, 5.74) is 5.81. The van der Waals surface area contributed by atoms with Crippen molar-refractivity contribution in [1.29, 1.82) is 0 Å². The molecule has 0 aliphatic heterocycles. The van der Waals surface area contributed by atoms with E-state index in [1.165, 1.54) is 11.3 Å². The fraction of sp³-hybridized carbons (Fsp3) is 0.294. The molecule has 1 heterocycles. The number of anilines is 1. The summed E-state index contributed by atoms with van der Waals surface area (Å²) in [5.74, 6) is -5.89. The third-order valence-corrected chi connectivity index (χ3v) is 5.43. The average molecular weight is 368 g/mol. The van der Waals surface area contributed by atoms with Gasteiger partial charge in [0, 0.05) is 4.88 Å². The fourth-order valence-corrected chi connectivity index (χ4v) is 4.38. The molecule has 1 aromatic carbocycles. The molecule has 1 aromatic heterocycles. The second-order valence-corrected chi connectivity index (χ2v) is 7.20. The van der Waals surface area contributed by atoms with Crippen LogP contribution in [0.15, 0.2) is 12.1 Å². The molecule has 132 valence electrons. The first-order chi connectivity index (χ1) is 11.8. The summed E-state index contributed by atoms with van der Waals surface area (Å²) < 4.78 is 40.1. The lowest BCUT2D eigenvalue weighted by molar-refractivity contribution is 0.1000. The topological polar surface area (TPSA) is 72.2 Å². The number of halogens is 3. The van der Waals surface area contributed by atoms with Gasteiger partial charge in [-0.15, -0.1) is 11.3 Å². The van der Waals surface area contributed by atoms with Crippen LogP contribution in [0.3, 0.4) is 0 Å². The van der Waals surface area contributed by atoms with Crippen molar-refractivity contribution in [2.45, 2.75) is 26.2 Å². The number of carbonyl (C=O) groups excluding carboxylic acids is 2. The van der Waals surface area contributed by atoms with Gasteiger partial charge in [0.1, 0.15) is 5.00 Å². The van der Waals surface area contributed by atoms with Crippen molar-refractivity contribution >= 4 is 28.2 Å². The Labute approximate surface area is 145 Å². The third kappa shape index (κ3) is 3.13. The first kappa shape index (κ1) is 17.5. The van der Waals surface area contributed by atoms with Gasteiger partial charge in [0.05, 0.1) is 11.1 Å². The van der Waals surface area contributed by atoms with Crippen LogP contribution in [0, 0.1) is 23.4 Å². The molecule has 1 unspecified atom stereocenters. The fourth-order valence-electron chi connectivity index (χ4n) is 2.97. The zero-order valence-electron chi connectivity index (χ0n) is 13.3. The van der Waals surface area contributed by atoms with Gasteiger partial charge in [0.25, 0.3) is 11.8 Å². The summed E-state index contributed by atoms with van der Waals surface area (Å²) in [4.78, 5) is 25.0. The van der Waals surface area contributed by atoms with Crippen molar-refractivity contribution in [2.24, 2.45) is 11.7 Å². The molecule has 0 fully saturated rings. The molecular formula is C17H15F3N2O2S. The van der Waals surface area contributed by atoms with Gasteiger partial charge in [0.15, 0.2) is 17.5 Å². The molecule has 0 spiro atoms. The highest BCUT2D eigenvalue weighted by Gasteiger charge is 2.28. The zero-order valence-corrected chi connectivity index (χ0v) is 14.1. The van der Waals surface area contributed by atoms with E-state index < -0.39 is 34.8 Å². The predicted octanol–water partition coefficient (Wildman–Crippen LogP) is 3.64. The SMILES string of the molecule is CC1CCc2c(sc(NC(=O)c3ccc(F)c(F)c3F)c2C(N)=O)C1. The molecule has 1 atom stereocenters. The van der Waals surface area contributed by atoms with Crippen molar-refractivity contribution in [1.82, 2.24) is 0 Å². The van der Waals surface area contributed by atoms with Crippen LogP contribution in [-0.4, -0.2) is 11.8 Å². The Kier molecular flexibility index (Phi) is 4.55. The summed E-state index contributed by atoms with van der Waals surface area (Å²) in [5, 5.41) is 2.63. The molecule has 2 aromatic rings. The zero-order chi connectivity index (χ0) is 18.3. The highest BCUT2D eigenvalue weighted by Crippen LogP contribution is 2.39. The third-order valence-electron chi connectivity index (χ3n) is 4.26. The predicted molar refractivity (Wildman–Crippen MR) is 88.3 cm³/mol. The van der Waals surface area contributed by atoms with Crippen molar-refractivity contribution in [3.8, 4) is 0 Å². The van der Waals surface area contributed by atoms with Gasteiger partial charge in [-0.1, -0.05) is 6.92 Å². The number of primary amides is 1. The number of fused-ring (bicyclic) bond motifs is 1. The number of carbonyl (C=O) groups is 2. The smallest absolute Gasteiger partial charge is 0.259 e. The second-order valence-electron chi connectivity index (χ2n) is 6.10. The van der Waals surface area contributed by atoms with E-state index in [4.69, 9.17) is 5.73 Å². The Morgan fingerprint density at radius 1 is 1.24 bits per heavy atom. The van der Waals surface area contributed by atoms with Crippen molar-refractivity contribution < 1.29 is 22.8 Å². The number of rotatable bonds is 3. The lowest BCUT2D eigenvalue weighted by Gasteiger charge is -2.18. The summed E-state index contributed by atoms with van der Waals surface area (Å²) >= 11 is 1.21. The molecule has 2 amide bonds. The Morgan fingerprint density at radius 2 is 1.96 bits per heavy atom. The quantitative estimate of drug-likeness (QED) is 0.812. The Hall–Kier alpha value is -2.35. The van der Waals surface area contributed by atoms with Crippen LogP contribution in [0.4, 0.5) is 18.2 Å². The maximum atomic E-state index is 13.8. The van der Waals surface area contributed by atoms with Gasteiger partial charge < -0.3 is 11.1 Å². The average Bonchev–Trinajstić information content (AvgIpc) is 2.89. The minimum atomic E-state index is -1.72. The summed E-state index contributed by atoms with van der Waals surface area (Å²) in [6.07, 6.45) is 2.32.